The van der Waals surface area contributed by atoms with Crippen molar-refractivity contribution >= 4 is 11.4 Å². The minimum absolute atomic E-state index is 2.00. The van der Waals surface area contributed by atoms with Gasteiger partial charge in [-0.25, -0.2) is 4.21 Å². The smallest absolute Gasteiger partial charge is 0.0814 e. The van der Waals surface area contributed by atoms with Gasteiger partial charge in [-0.2, -0.15) is 0 Å². The first-order chi connectivity index (χ1) is 4.73. The Balaban J connectivity index is 0.000000180. The normalized spacial score (nSPS) is 11.0. The second kappa shape index (κ2) is 6.41. The lowest BCUT2D eigenvalue weighted by molar-refractivity contribution is 0.436. The van der Waals surface area contributed by atoms with Crippen LogP contribution in [-0.4, -0.2) is 13.3 Å². The Kier molecular flexibility index (Phi) is 5.96. The number of rotatable bonds is 0. The molecule has 0 aliphatic heterocycles. The molecule has 0 aliphatic carbocycles. The van der Waals surface area contributed by atoms with Gasteiger partial charge in [0, 0.05) is 0 Å². The van der Waals surface area contributed by atoms with E-state index in [1.54, 1.807) is 0 Å². The summed E-state index contributed by atoms with van der Waals surface area (Å²) >= 11 is -2.86. The van der Waals surface area contributed by atoms with E-state index in [9.17, 15) is 0 Å². The third-order valence-electron chi connectivity index (χ3n) is 0.667. The lowest BCUT2D eigenvalue weighted by Gasteiger charge is -1.83. The minimum atomic E-state index is -2.86. The molecular formula is C6H7O3S-. The first-order valence-corrected chi connectivity index (χ1v) is 3.55. The molecule has 10 heavy (non-hydrogen) atoms. The van der Waals surface area contributed by atoms with Gasteiger partial charge in [0.1, 0.15) is 0 Å². The molecule has 1 aromatic carbocycles. The van der Waals surface area contributed by atoms with Crippen molar-refractivity contribution in [1.29, 1.82) is 0 Å². The molecule has 0 aliphatic rings. The molecule has 0 saturated carbocycles. The maximum Gasteiger partial charge on any atom is 0.0814 e. The van der Waals surface area contributed by atoms with Crippen molar-refractivity contribution in [3.05, 3.63) is 36.4 Å². The molecular weight excluding hydrogens is 152 g/mol. The van der Waals surface area contributed by atoms with Gasteiger partial charge in [0.2, 0.25) is 0 Å². The van der Waals surface area contributed by atoms with E-state index in [2.05, 4.69) is 0 Å². The fourth-order valence-electron chi connectivity index (χ4n) is 0.385. The van der Waals surface area contributed by atoms with Crippen molar-refractivity contribution in [2.45, 2.75) is 0 Å². The molecule has 0 radical (unpaired) electrons. The summed E-state index contributed by atoms with van der Waals surface area (Å²) < 4.78 is 24.1. The molecule has 4 heteroatoms. The maximum atomic E-state index is 8.56. The topological polar surface area (TPSA) is 60.4 Å². The zero-order chi connectivity index (χ0) is 7.82. The van der Waals surface area contributed by atoms with Gasteiger partial charge in [0.25, 0.3) is 0 Å². The highest BCUT2D eigenvalue weighted by atomic mass is 32.2. The molecule has 0 fully saturated rings. The molecule has 0 saturated heterocycles. The molecule has 0 spiro atoms. The monoisotopic (exact) mass is 159 g/mol. The molecule has 0 amide bonds. The van der Waals surface area contributed by atoms with E-state index in [0.717, 1.165) is 0 Å². The predicted molar refractivity (Wildman–Crippen MR) is 38.0 cm³/mol. The van der Waals surface area contributed by atoms with E-state index >= 15 is 0 Å². The Morgan fingerprint density at radius 1 is 1.00 bits per heavy atom. The average molecular weight is 159 g/mol. The molecule has 1 atom stereocenters. The Morgan fingerprint density at radius 3 is 1.20 bits per heavy atom. The van der Waals surface area contributed by atoms with Gasteiger partial charge >= 0.3 is 0 Å². The number of hydrogen-bond donors (Lipinski definition) is 1. The van der Waals surface area contributed by atoms with Gasteiger partial charge in [-0.3, -0.25) is 0 Å². The third kappa shape index (κ3) is 10.3. The zero-order valence-corrected chi connectivity index (χ0v) is 5.95. The summed E-state index contributed by atoms with van der Waals surface area (Å²) in [5.41, 5.74) is 0. The van der Waals surface area contributed by atoms with Gasteiger partial charge in [0.05, 0.1) is 11.4 Å². The van der Waals surface area contributed by atoms with Gasteiger partial charge in [0.15, 0.2) is 0 Å². The summed E-state index contributed by atoms with van der Waals surface area (Å²) in [7, 11) is 0. The van der Waals surface area contributed by atoms with Crippen LogP contribution in [0.25, 0.3) is 0 Å². The summed E-state index contributed by atoms with van der Waals surface area (Å²) in [5.74, 6) is 0. The van der Waals surface area contributed by atoms with Crippen LogP contribution in [0.1, 0.15) is 0 Å². The van der Waals surface area contributed by atoms with E-state index in [1.165, 1.54) is 0 Å². The van der Waals surface area contributed by atoms with Crippen LogP contribution in [0, 0.1) is 0 Å². The molecule has 1 rings (SSSR count). The Bertz CT molecular complexity index is 145. The summed E-state index contributed by atoms with van der Waals surface area (Å²) in [6.45, 7) is 0. The van der Waals surface area contributed by atoms with Crippen molar-refractivity contribution in [2.75, 3.05) is 0 Å². The lowest BCUT2D eigenvalue weighted by Crippen LogP contribution is -1.75. The van der Waals surface area contributed by atoms with Crippen LogP contribution in [0.5, 0.6) is 0 Å². The molecule has 0 heterocycles. The average Bonchev–Trinajstić information content (AvgIpc) is 1.90. The first-order valence-electron chi connectivity index (χ1n) is 2.52. The molecule has 1 N–H and O–H groups in total. The molecule has 1 aromatic rings. The molecule has 56 valence electrons. The molecule has 0 bridgehead atoms. The second-order valence-electron chi connectivity index (χ2n) is 1.37. The number of benzene rings is 1. The van der Waals surface area contributed by atoms with E-state index in [4.69, 9.17) is 13.3 Å². The van der Waals surface area contributed by atoms with Crippen LogP contribution in [0.4, 0.5) is 0 Å². The largest absolute Gasteiger partial charge is 0.750 e. The fraction of sp³-hybridized carbons (Fsp3) is 0. The Labute approximate surface area is 61.8 Å². The van der Waals surface area contributed by atoms with E-state index in [-0.39, 0.29) is 0 Å². The van der Waals surface area contributed by atoms with E-state index in [1.807, 2.05) is 36.4 Å². The van der Waals surface area contributed by atoms with Crippen LogP contribution in [0.2, 0.25) is 0 Å². The van der Waals surface area contributed by atoms with Crippen LogP contribution >= 0.6 is 0 Å². The molecule has 0 aromatic heterocycles. The lowest BCUT2D eigenvalue weighted by atomic mass is 10.4. The number of hydrogen-bond acceptors (Lipinski definition) is 2. The van der Waals surface area contributed by atoms with Gasteiger partial charge < -0.3 is 9.11 Å². The van der Waals surface area contributed by atoms with Gasteiger partial charge in [-0.1, -0.05) is 36.4 Å². The minimum Gasteiger partial charge on any atom is -0.750 e. The van der Waals surface area contributed by atoms with Crippen molar-refractivity contribution in [3.63, 3.8) is 0 Å². The van der Waals surface area contributed by atoms with Crippen LogP contribution in [-0.2, 0) is 11.4 Å². The highest BCUT2D eigenvalue weighted by molar-refractivity contribution is 7.73. The zero-order valence-electron chi connectivity index (χ0n) is 5.14. The highest BCUT2D eigenvalue weighted by Gasteiger charge is 1.57. The van der Waals surface area contributed by atoms with Crippen LogP contribution in [0.15, 0.2) is 36.4 Å². The Morgan fingerprint density at radius 2 is 1.10 bits per heavy atom. The SMILES string of the molecule is O=S([O-])O.c1ccccc1. The quantitative estimate of drug-likeness (QED) is 0.575. The standard InChI is InChI=1S/C6H6.H2O3S/c1-2-4-6-5-3-1;1-4(2)3/h1-6H;(H2,1,2,3)/p-1. The predicted octanol–water partition coefficient (Wildman–Crippen LogP) is 1.03. The molecule has 3 nitrogen and oxygen atoms in total. The second-order valence-corrected chi connectivity index (χ2v) is 1.81. The van der Waals surface area contributed by atoms with Crippen molar-refractivity contribution in [1.82, 2.24) is 0 Å². The van der Waals surface area contributed by atoms with Crippen molar-refractivity contribution in [2.24, 2.45) is 0 Å². The van der Waals surface area contributed by atoms with Crippen LogP contribution in [0.3, 0.4) is 0 Å². The summed E-state index contributed by atoms with van der Waals surface area (Å²) in [4.78, 5) is 0. The Hall–Kier alpha value is -0.710. The third-order valence-corrected chi connectivity index (χ3v) is 0.667. The summed E-state index contributed by atoms with van der Waals surface area (Å²) in [6.07, 6.45) is 0. The van der Waals surface area contributed by atoms with Crippen molar-refractivity contribution < 1.29 is 13.3 Å². The van der Waals surface area contributed by atoms with Gasteiger partial charge in [-0.15, -0.1) is 0 Å². The van der Waals surface area contributed by atoms with E-state index in [0.29, 0.717) is 0 Å². The van der Waals surface area contributed by atoms with Crippen molar-refractivity contribution in [3.8, 4) is 0 Å². The highest BCUT2D eigenvalue weighted by Crippen LogP contribution is 1.79. The first kappa shape index (κ1) is 9.29. The van der Waals surface area contributed by atoms with Crippen LogP contribution < -0.4 is 0 Å². The maximum absolute atomic E-state index is 8.56. The summed E-state index contributed by atoms with van der Waals surface area (Å²) in [6, 6.07) is 12.0. The molecule has 1 unspecified atom stereocenters. The van der Waals surface area contributed by atoms with E-state index < -0.39 is 11.4 Å². The summed E-state index contributed by atoms with van der Waals surface area (Å²) in [5, 5.41) is 0. The van der Waals surface area contributed by atoms with Gasteiger partial charge in [-0.05, 0) is 0 Å². The fourth-order valence-corrected chi connectivity index (χ4v) is 0.385.